The largest absolute Gasteiger partial charge is 0.508 e. The Balaban J connectivity index is 1.45. The first-order valence-electron chi connectivity index (χ1n) is 14.7. The average molecular weight is 700 g/mol. The maximum atomic E-state index is 14.6. The number of hydrogen-bond donors (Lipinski definition) is 1. The van der Waals surface area contributed by atoms with Crippen molar-refractivity contribution in [1.29, 1.82) is 0 Å². The highest BCUT2D eigenvalue weighted by Crippen LogP contribution is 2.67. The van der Waals surface area contributed by atoms with Crippen LogP contribution in [0.4, 0.5) is 15.8 Å². The Bertz CT molecular complexity index is 1880. The number of phenolic OH excluding ortho intramolecular Hbond substituents is 1. The van der Waals surface area contributed by atoms with Gasteiger partial charge in [0.05, 0.1) is 37.4 Å². The fourth-order valence-electron chi connectivity index (χ4n) is 7.77. The number of allylic oxidation sites excluding steroid dienone is 2. The van der Waals surface area contributed by atoms with Crippen LogP contribution in [-0.4, -0.2) is 52.7 Å². The fourth-order valence-corrected chi connectivity index (χ4v) is 8.81. The third kappa shape index (κ3) is 4.27. The summed E-state index contributed by atoms with van der Waals surface area (Å²) < 4.78 is 25.2. The topological polar surface area (TPSA) is 113 Å². The first-order chi connectivity index (χ1) is 22.4. The molecule has 2 saturated heterocycles. The Labute approximate surface area is 283 Å². The third-order valence-corrected chi connectivity index (χ3v) is 11.5. The molecule has 0 spiro atoms. The van der Waals surface area contributed by atoms with E-state index in [4.69, 9.17) is 44.3 Å². The molecule has 0 radical (unpaired) electrons. The lowest BCUT2D eigenvalue weighted by atomic mass is 9.56. The normalized spacial score (nSPS) is 29.8. The van der Waals surface area contributed by atoms with Crippen molar-refractivity contribution >= 4 is 69.8 Å². The molecule has 4 amide bonds. The standard InChI is InChI=1S/C34H26Cl3FN2O7/c1-46-24-13-20(41)14-25(47-2)27(24)28-21-11-12-22-26(30(43)39(29(22)42)18-7-3-16(35)4-8-18)23(21)15-33(36)31(44)40(32(45)34(28,33)37)19-9-5-17(38)6-10-19/h3-11,13-14,22-23,26,28,41H,12,15H2,1-2H3. The molecule has 6 atom stereocenters. The maximum absolute atomic E-state index is 14.6. The van der Waals surface area contributed by atoms with Gasteiger partial charge in [0.15, 0.2) is 9.75 Å². The number of fused-ring (bicyclic) bond motifs is 4. The SMILES string of the molecule is COc1cc(O)cc(OC)c1C1C2=CCC3C(=O)N(c4ccc(Cl)cc4)C(=O)C3C2CC2(Cl)C(=O)N(c3ccc(F)cc3)C(=O)C12Cl. The van der Waals surface area contributed by atoms with Crippen molar-refractivity contribution in [3.63, 3.8) is 0 Å². The monoisotopic (exact) mass is 698 g/mol. The first kappa shape index (κ1) is 31.5. The van der Waals surface area contributed by atoms with Gasteiger partial charge in [-0.05, 0) is 67.3 Å². The Morgan fingerprint density at radius 1 is 0.830 bits per heavy atom. The number of alkyl halides is 2. The number of imide groups is 2. The van der Waals surface area contributed by atoms with Crippen molar-refractivity contribution in [3.8, 4) is 17.2 Å². The molecule has 4 aliphatic rings. The molecule has 6 unspecified atom stereocenters. The molecule has 13 heteroatoms. The van der Waals surface area contributed by atoms with E-state index in [0.29, 0.717) is 16.3 Å². The Morgan fingerprint density at radius 2 is 1.40 bits per heavy atom. The second-order valence-corrected chi connectivity index (χ2v) is 13.7. The van der Waals surface area contributed by atoms with Gasteiger partial charge < -0.3 is 14.6 Å². The summed E-state index contributed by atoms with van der Waals surface area (Å²) in [6.45, 7) is 0. The van der Waals surface area contributed by atoms with E-state index in [1.165, 1.54) is 38.5 Å². The van der Waals surface area contributed by atoms with Gasteiger partial charge in [0.2, 0.25) is 11.8 Å². The van der Waals surface area contributed by atoms with E-state index in [-0.39, 0.29) is 41.3 Å². The molecule has 2 aliphatic carbocycles. The number of aromatic hydroxyl groups is 1. The van der Waals surface area contributed by atoms with Gasteiger partial charge in [0, 0.05) is 28.6 Å². The lowest BCUT2D eigenvalue weighted by Gasteiger charge is -2.51. The first-order valence-corrected chi connectivity index (χ1v) is 15.8. The number of ether oxygens (including phenoxy) is 2. The molecule has 0 bridgehead atoms. The number of halogens is 4. The van der Waals surface area contributed by atoms with Crippen molar-refractivity contribution in [2.45, 2.75) is 28.5 Å². The smallest absolute Gasteiger partial charge is 0.258 e. The van der Waals surface area contributed by atoms with Crippen LogP contribution >= 0.6 is 34.8 Å². The van der Waals surface area contributed by atoms with Crippen molar-refractivity contribution in [2.75, 3.05) is 24.0 Å². The molecule has 3 fully saturated rings. The highest BCUT2D eigenvalue weighted by atomic mass is 35.5. The van der Waals surface area contributed by atoms with Crippen LogP contribution < -0.4 is 19.3 Å². The Morgan fingerprint density at radius 3 is 2.00 bits per heavy atom. The number of benzene rings is 3. The van der Waals surface area contributed by atoms with E-state index in [0.717, 1.165) is 21.9 Å². The number of hydrogen-bond acceptors (Lipinski definition) is 7. The van der Waals surface area contributed by atoms with Crippen LogP contribution in [0.5, 0.6) is 17.2 Å². The average Bonchev–Trinajstić information content (AvgIpc) is 3.39. The zero-order valence-corrected chi connectivity index (χ0v) is 27.1. The van der Waals surface area contributed by atoms with Crippen LogP contribution in [0, 0.1) is 23.6 Å². The summed E-state index contributed by atoms with van der Waals surface area (Å²) in [6, 6.07) is 13.7. The molecular formula is C34H26Cl3FN2O7. The number of carbonyl (C=O) groups excluding carboxylic acids is 4. The van der Waals surface area contributed by atoms with Crippen LogP contribution in [0.15, 0.2) is 72.3 Å². The minimum atomic E-state index is -2.21. The van der Waals surface area contributed by atoms with Crippen molar-refractivity contribution < 1.29 is 38.1 Å². The highest BCUT2D eigenvalue weighted by molar-refractivity contribution is 6.58. The molecule has 2 heterocycles. The van der Waals surface area contributed by atoms with Gasteiger partial charge in [-0.3, -0.25) is 24.1 Å². The summed E-state index contributed by atoms with van der Waals surface area (Å²) in [7, 11) is 2.71. The lowest BCUT2D eigenvalue weighted by molar-refractivity contribution is -0.125. The van der Waals surface area contributed by atoms with Crippen LogP contribution in [0.2, 0.25) is 5.02 Å². The molecule has 47 heavy (non-hydrogen) atoms. The van der Waals surface area contributed by atoms with Crippen LogP contribution in [-0.2, 0) is 19.2 Å². The molecule has 1 N–H and O–H groups in total. The van der Waals surface area contributed by atoms with Crippen molar-refractivity contribution in [2.24, 2.45) is 17.8 Å². The Kier molecular flexibility index (Phi) is 7.35. The summed E-state index contributed by atoms with van der Waals surface area (Å²) >= 11 is 20.9. The van der Waals surface area contributed by atoms with Gasteiger partial charge in [-0.15, -0.1) is 23.2 Å². The van der Waals surface area contributed by atoms with Gasteiger partial charge >= 0.3 is 0 Å². The molecular weight excluding hydrogens is 674 g/mol. The number of methoxy groups -OCH3 is 2. The van der Waals surface area contributed by atoms with E-state index in [1.807, 2.05) is 0 Å². The second kappa shape index (κ2) is 11.0. The molecule has 1 saturated carbocycles. The maximum Gasteiger partial charge on any atom is 0.258 e. The number of anilines is 2. The van der Waals surface area contributed by atoms with E-state index in [1.54, 1.807) is 30.3 Å². The number of rotatable bonds is 5. The summed E-state index contributed by atoms with van der Waals surface area (Å²) in [6.07, 6.45) is 1.65. The fraction of sp³-hybridized carbons (Fsp3) is 0.294. The molecule has 3 aromatic carbocycles. The summed E-state index contributed by atoms with van der Waals surface area (Å²) in [5, 5.41) is 10.9. The zero-order valence-electron chi connectivity index (χ0n) is 24.9. The van der Waals surface area contributed by atoms with Crippen molar-refractivity contribution in [1.82, 2.24) is 0 Å². The minimum Gasteiger partial charge on any atom is -0.508 e. The molecule has 242 valence electrons. The van der Waals surface area contributed by atoms with Crippen molar-refractivity contribution in [3.05, 3.63) is 88.7 Å². The van der Waals surface area contributed by atoms with Crippen LogP contribution in [0.1, 0.15) is 24.3 Å². The summed E-state index contributed by atoms with van der Waals surface area (Å²) in [5.41, 5.74) is 1.11. The number of phenols is 1. The minimum absolute atomic E-state index is 0.0510. The number of nitrogens with zero attached hydrogens (tertiary/aromatic N) is 2. The van der Waals surface area contributed by atoms with Gasteiger partial charge in [-0.2, -0.15) is 0 Å². The van der Waals surface area contributed by atoms with Gasteiger partial charge in [-0.1, -0.05) is 23.3 Å². The highest BCUT2D eigenvalue weighted by Gasteiger charge is 2.77. The number of amides is 4. The third-order valence-electron chi connectivity index (χ3n) is 9.80. The predicted octanol–water partition coefficient (Wildman–Crippen LogP) is 5.97. The van der Waals surface area contributed by atoms with Crippen LogP contribution in [0.25, 0.3) is 0 Å². The summed E-state index contributed by atoms with van der Waals surface area (Å²) in [4.78, 5) is 54.7. The van der Waals surface area contributed by atoms with E-state index in [2.05, 4.69) is 0 Å². The predicted molar refractivity (Wildman–Crippen MR) is 172 cm³/mol. The molecule has 9 nitrogen and oxygen atoms in total. The van der Waals surface area contributed by atoms with Gasteiger partial charge in [0.25, 0.3) is 11.8 Å². The second-order valence-electron chi connectivity index (χ2n) is 12.0. The van der Waals surface area contributed by atoms with E-state index in [9.17, 15) is 28.7 Å². The quantitative estimate of drug-likeness (QED) is 0.198. The van der Waals surface area contributed by atoms with Crippen LogP contribution in [0.3, 0.4) is 0 Å². The Hall–Kier alpha value is -4.12. The number of carbonyl (C=O) groups is 4. The van der Waals surface area contributed by atoms with Gasteiger partial charge in [0.1, 0.15) is 23.1 Å². The molecule has 7 rings (SSSR count). The zero-order chi connectivity index (χ0) is 33.6. The molecule has 2 aliphatic heterocycles. The lowest BCUT2D eigenvalue weighted by Crippen LogP contribution is -2.60. The summed E-state index contributed by atoms with van der Waals surface area (Å²) in [5.74, 6) is -7.03. The molecule has 0 aromatic heterocycles. The van der Waals surface area contributed by atoms with E-state index >= 15 is 0 Å². The van der Waals surface area contributed by atoms with Gasteiger partial charge in [-0.25, -0.2) is 9.29 Å². The molecule has 3 aromatic rings. The van der Waals surface area contributed by atoms with E-state index < -0.39 is 62.9 Å².